The predicted molar refractivity (Wildman–Crippen MR) is 44.0 cm³/mol. The molecule has 0 N–H and O–H groups in total. The van der Waals surface area contributed by atoms with Crippen molar-refractivity contribution < 1.29 is 4.84 Å². The SMILES string of the molecule is N#Cc1ccc2c(c1)CC=NO2. The van der Waals surface area contributed by atoms with Gasteiger partial charge in [-0.15, -0.1) is 0 Å². The fourth-order valence-electron chi connectivity index (χ4n) is 1.13. The lowest BCUT2D eigenvalue weighted by atomic mass is 10.1. The van der Waals surface area contributed by atoms with Gasteiger partial charge in [0.15, 0.2) is 5.75 Å². The summed E-state index contributed by atoms with van der Waals surface area (Å²) in [5.41, 5.74) is 1.68. The molecule has 2 rings (SSSR count). The summed E-state index contributed by atoms with van der Waals surface area (Å²) in [6.07, 6.45) is 2.42. The van der Waals surface area contributed by atoms with E-state index in [1.165, 1.54) is 0 Å². The van der Waals surface area contributed by atoms with Crippen molar-refractivity contribution in [1.82, 2.24) is 0 Å². The van der Waals surface area contributed by atoms with Gasteiger partial charge in [0, 0.05) is 18.2 Å². The van der Waals surface area contributed by atoms with Crippen LogP contribution in [0.4, 0.5) is 0 Å². The largest absolute Gasteiger partial charge is 0.357 e. The monoisotopic (exact) mass is 158 g/mol. The molecule has 1 aromatic rings. The first-order valence-electron chi connectivity index (χ1n) is 3.62. The molecule has 58 valence electrons. The molecule has 1 aromatic carbocycles. The van der Waals surface area contributed by atoms with E-state index in [9.17, 15) is 0 Å². The second kappa shape index (κ2) is 2.67. The Balaban J connectivity index is 2.48. The van der Waals surface area contributed by atoms with Gasteiger partial charge in [-0.05, 0) is 18.2 Å². The Bertz CT molecular complexity index is 377. The molecule has 0 amide bonds. The molecule has 12 heavy (non-hydrogen) atoms. The van der Waals surface area contributed by atoms with Crippen molar-refractivity contribution >= 4 is 6.21 Å². The van der Waals surface area contributed by atoms with Gasteiger partial charge in [0.1, 0.15) is 0 Å². The van der Waals surface area contributed by atoms with Crippen LogP contribution in [-0.4, -0.2) is 6.21 Å². The lowest BCUT2D eigenvalue weighted by molar-refractivity contribution is 0.333. The summed E-state index contributed by atoms with van der Waals surface area (Å²) < 4.78 is 0. The molecule has 3 nitrogen and oxygen atoms in total. The minimum atomic E-state index is 0.660. The van der Waals surface area contributed by atoms with Crippen molar-refractivity contribution in [3.8, 4) is 11.8 Å². The molecule has 3 heteroatoms. The molecular formula is C9H6N2O. The van der Waals surface area contributed by atoms with Crippen LogP contribution in [-0.2, 0) is 6.42 Å². The summed E-state index contributed by atoms with van der Waals surface area (Å²) in [6, 6.07) is 7.39. The lowest BCUT2D eigenvalue weighted by Gasteiger charge is -2.08. The number of fused-ring (bicyclic) bond motifs is 1. The normalized spacial score (nSPS) is 12.9. The Morgan fingerprint density at radius 1 is 1.50 bits per heavy atom. The maximum Gasteiger partial charge on any atom is 0.161 e. The fourth-order valence-corrected chi connectivity index (χ4v) is 1.13. The Kier molecular flexibility index (Phi) is 1.52. The topological polar surface area (TPSA) is 45.4 Å². The minimum Gasteiger partial charge on any atom is -0.357 e. The van der Waals surface area contributed by atoms with Crippen LogP contribution in [0.3, 0.4) is 0 Å². The molecule has 0 spiro atoms. The van der Waals surface area contributed by atoms with E-state index in [1.807, 2.05) is 6.07 Å². The van der Waals surface area contributed by atoms with E-state index in [0.717, 1.165) is 17.7 Å². The highest BCUT2D eigenvalue weighted by molar-refractivity contribution is 5.65. The second-order valence-electron chi connectivity index (χ2n) is 2.52. The van der Waals surface area contributed by atoms with Crippen LogP contribution < -0.4 is 4.84 Å². The molecule has 0 saturated carbocycles. The van der Waals surface area contributed by atoms with Crippen molar-refractivity contribution in [2.24, 2.45) is 5.16 Å². The minimum absolute atomic E-state index is 0.660. The maximum absolute atomic E-state index is 8.61. The van der Waals surface area contributed by atoms with Gasteiger partial charge in [-0.3, -0.25) is 0 Å². The van der Waals surface area contributed by atoms with Crippen molar-refractivity contribution in [3.63, 3.8) is 0 Å². The zero-order chi connectivity index (χ0) is 8.39. The number of hydrogen-bond donors (Lipinski definition) is 0. The van der Waals surface area contributed by atoms with Gasteiger partial charge in [-0.2, -0.15) is 5.26 Å². The molecule has 0 fully saturated rings. The zero-order valence-corrected chi connectivity index (χ0v) is 6.32. The van der Waals surface area contributed by atoms with Crippen LogP contribution in [0.1, 0.15) is 11.1 Å². The average Bonchev–Trinajstić information content (AvgIpc) is 2.17. The highest BCUT2D eigenvalue weighted by atomic mass is 16.6. The van der Waals surface area contributed by atoms with Gasteiger partial charge in [-0.1, -0.05) is 5.16 Å². The third-order valence-corrected chi connectivity index (χ3v) is 1.73. The number of hydrogen-bond acceptors (Lipinski definition) is 3. The standard InChI is InChI=1S/C9H6N2O/c10-6-7-1-2-9-8(5-7)3-4-11-12-9/h1-2,4-5H,3H2. The van der Waals surface area contributed by atoms with Crippen molar-refractivity contribution in [1.29, 1.82) is 5.26 Å². The Morgan fingerprint density at radius 3 is 3.25 bits per heavy atom. The van der Waals surface area contributed by atoms with Crippen molar-refractivity contribution in [2.45, 2.75) is 6.42 Å². The first-order valence-corrected chi connectivity index (χ1v) is 3.62. The first-order chi connectivity index (χ1) is 5.90. The molecule has 0 unspecified atom stereocenters. The summed E-state index contributed by atoms with van der Waals surface area (Å²) >= 11 is 0. The van der Waals surface area contributed by atoms with Gasteiger partial charge in [0.2, 0.25) is 0 Å². The number of nitriles is 1. The van der Waals surface area contributed by atoms with E-state index >= 15 is 0 Å². The quantitative estimate of drug-likeness (QED) is 0.574. The van der Waals surface area contributed by atoms with Gasteiger partial charge in [-0.25, -0.2) is 0 Å². The van der Waals surface area contributed by atoms with Crippen LogP contribution >= 0.6 is 0 Å². The highest BCUT2D eigenvalue weighted by Crippen LogP contribution is 2.22. The van der Waals surface area contributed by atoms with Crippen LogP contribution in [0.2, 0.25) is 0 Å². The number of oxime groups is 1. The van der Waals surface area contributed by atoms with Crippen molar-refractivity contribution in [2.75, 3.05) is 0 Å². The Morgan fingerprint density at radius 2 is 2.42 bits per heavy atom. The summed E-state index contributed by atoms with van der Waals surface area (Å²) in [5, 5.41) is 12.3. The Labute approximate surface area is 69.9 Å². The van der Waals surface area contributed by atoms with Gasteiger partial charge in [0.25, 0.3) is 0 Å². The molecular weight excluding hydrogens is 152 g/mol. The lowest BCUT2D eigenvalue weighted by Crippen LogP contribution is -2.00. The second-order valence-corrected chi connectivity index (χ2v) is 2.52. The average molecular weight is 158 g/mol. The number of rotatable bonds is 0. The molecule has 0 saturated heterocycles. The van der Waals surface area contributed by atoms with Crippen LogP contribution in [0.15, 0.2) is 23.4 Å². The third-order valence-electron chi connectivity index (χ3n) is 1.73. The van der Waals surface area contributed by atoms with Gasteiger partial charge >= 0.3 is 0 Å². The van der Waals surface area contributed by atoms with E-state index in [4.69, 9.17) is 10.1 Å². The third kappa shape index (κ3) is 1.04. The van der Waals surface area contributed by atoms with E-state index in [0.29, 0.717) is 5.56 Å². The van der Waals surface area contributed by atoms with E-state index in [2.05, 4.69) is 11.2 Å². The summed E-state index contributed by atoms with van der Waals surface area (Å²) in [6.45, 7) is 0. The summed E-state index contributed by atoms with van der Waals surface area (Å²) in [4.78, 5) is 4.98. The van der Waals surface area contributed by atoms with E-state index in [1.54, 1.807) is 18.3 Å². The molecule has 0 aromatic heterocycles. The smallest absolute Gasteiger partial charge is 0.161 e. The number of benzene rings is 1. The van der Waals surface area contributed by atoms with Crippen LogP contribution in [0.25, 0.3) is 0 Å². The van der Waals surface area contributed by atoms with Crippen LogP contribution in [0, 0.1) is 11.3 Å². The van der Waals surface area contributed by atoms with E-state index < -0.39 is 0 Å². The molecule has 0 bridgehead atoms. The van der Waals surface area contributed by atoms with Gasteiger partial charge < -0.3 is 4.84 Å². The van der Waals surface area contributed by atoms with E-state index in [-0.39, 0.29) is 0 Å². The Hall–Kier alpha value is -1.82. The highest BCUT2D eigenvalue weighted by Gasteiger charge is 2.07. The zero-order valence-electron chi connectivity index (χ0n) is 6.32. The summed E-state index contributed by atoms with van der Waals surface area (Å²) in [5.74, 6) is 0.747. The van der Waals surface area contributed by atoms with Crippen LogP contribution in [0.5, 0.6) is 5.75 Å². The molecule has 1 aliphatic heterocycles. The summed E-state index contributed by atoms with van der Waals surface area (Å²) in [7, 11) is 0. The number of nitrogens with zero attached hydrogens (tertiary/aromatic N) is 2. The predicted octanol–water partition coefficient (Wildman–Crippen LogP) is 1.48. The van der Waals surface area contributed by atoms with Gasteiger partial charge in [0.05, 0.1) is 11.6 Å². The molecule has 0 radical (unpaired) electrons. The first kappa shape index (κ1) is 6.86. The molecule has 1 aliphatic rings. The van der Waals surface area contributed by atoms with Crippen molar-refractivity contribution in [3.05, 3.63) is 29.3 Å². The molecule has 1 heterocycles. The maximum atomic E-state index is 8.61. The fraction of sp³-hybridized carbons (Fsp3) is 0.111. The molecule has 0 atom stereocenters. The molecule has 0 aliphatic carbocycles.